The Hall–Kier alpha value is -1.42. The Labute approximate surface area is 126 Å². The van der Waals surface area contributed by atoms with Crippen LogP contribution in [0.2, 0.25) is 0 Å². The van der Waals surface area contributed by atoms with Crippen molar-refractivity contribution in [3.05, 3.63) is 39.5 Å². The summed E-state index contributed by atoms with van der Waals surface area (Å²) < 4.78 is 0.927. The Bertz CT molecular complexity index is 696. The average molecular weight is 334 g/mol. The maximum absolute atomic E-state index is 11.7. The van der Waals surface area contributed by atoms with Crippen LogP contribution in [0.5, 0.6) is 0 Å². The summed E-state index contributed by atoms with van der Waals surface area (Å²) in [4.78, 5) is 16.4. The lowest BCUT2D eigenvalue weighted by molar-refractivity contribution is 0.0697. The fourth-order valence-corrected chi connectivity index (χ4v) is 3.43. The van der Waals surface area contributed by atoms with Gasteiger partial charge in [-0.3, -0.25) is 4.98 Å². The SMILES string of the molecule is CCC1CCc2nc3cc(Br)ccc3c(C(=O)O)c2C1. The van der Waals surface area contributed by atoms with E-state index in [0.717, 1.165) is 52.3 Å². The highest BCUT2D eigenvalue weighted by atomic mass is 79.9. The predicted molar refractivity (Wildman–Crippen MR) is 82.2 cm³/mol. The Kier molecular flexibility index (Phi) is 3.50. The van der Waals surface area contributed by atoms with Crippen molar-refractivity contribution in [1.82, 2.24) is 4.98 Å². The lowest BCUT2D eigenvalue weighted by Crippen LogP contribution is -2.19. The summed E-state index contributed by atoms with van der Waals surface area (Å²) in [6.07, 6.45) is 3.93. The first kappa shape index (κ1) is 13.6. The Balaban J connectivity index is 2.29. The molecule has 0 radical (unpaired) electrons. The van der Waals surface area contributed by atoms with Gasteiger partial charge in [-0.1, -0.05) is 35.3 Å². The molecule has 3 rings (SSSR count). The maximum Gasteiger partial charge on any atom is 0.336 e. The summed E-state index contributed by atoms with van der Waals surface area (Å²) in [5.74, 6) is -0.261. The molecular formula is C16H16BrNO2. The van der Waals surface area contributed by atoms with Gasteiger partial charge in [-0.2, -0.15) is 0 Å². The van der Waals surface area contributed by atoms with E-state index in [2.05, 4.69) is 22.9 Å². The lowest BCUT2D eigenvalue weighted by Gasteiger charge is -2.25. The van der Waals surface area contributed by atoms with E-state index >= 15 is 0 Å². The van der Waals surface area contributed by atoms with Crippen LogP contribution in [-0.2, 0) is 12.8 Å². The molecule has 20 heavy (non-hydrogen) atoms. The van der Waals surface area contributed by atoms with Gasteiger partial charge in [0.25, 0.3) is 0 Å². The molecule has 0 saturated carbocycles. The van der Waals surface area contributed by atoms with Gasteiger partial charge in [0.2, 0.25) is 0 Å². The summed E-state index contributed by atoms with van der Waals surface area (Å²) in [6, 6.07) is 5.63. The van der Waals surface area contributed by atoms with E-state index < -0.39 is 5.97 Å². The van der Waals surface area contributed by atoms with Crippen molar-refractivity contribution in [3.63, 3.8) is 0 Å². The topological polar surface area (TPSA) is 50.2 Å². The van der Waals surface area contributed by atoms with Crippen molar-refractivity contribution >= 4 is 32.8 Å². The van der Waals surface area contributed by atoms with Crippen molar-refractivity contribution in [3.8, 4) is 0 Å². The maximum atomic E-state index is 11.7. The largest absolute Gasteiger partial charge is 0.478 e. The summed E-state index contributed by atoms with van der Waals surface area (Å²) >= 11 is 3.42. The van der Waals surface area contributed by atoms with Crippen LogP contribution in [0.15, 0.2) is 22.7 Å². The molecule has 104 valence electrons. The molecule has 1 aromatic heterocycles. The summed E-state index contributed by atoms with van der Waals surface area (Å²) in [5.41, 5.74) is 3.14. The van der Waals surface area contributed by atoms with Gasteiger partial charge in [0, 0.05) is 15.6 Å². The molecular weight excluding hydrogens is 318 g/mol. The third-order valence-electron chi connectivity index (χ3n) is 4.21. The molecule has 0 spiro atoms. The van der Waals surface area contributed by atoms with Crippen LogP contribution in [0, 0.1) is 5.92 Å². The van der Waals surface area contributed by atoms with Crippen LogP contribution >= 0.6 is 15.9 Å². The van der Waals surface area contributed by atoms with E-state index in [1.54, 1.807) is 0 Å². The number of carbonyl (C=O) groups is 1. The first-order valence-corrected chi connectivity index (χ1v) is 7.73. The van der Waals surface area contributed by atoms with Gasteiger partial charge >= 0.3 is 5.97 Å². The Morgan fingerprint density at radius 1 is 1.50 bits per heavy atom. The summed E-state index contributed by atoms with van der Waals surface area (Å²) in [6.45, 7) is 2.17. The minimum absolute atomic E-state index is 0.454. The molecule has 1 N–H and O–H groups in total. The quantitative estimate of drug-likeness (QED) is 0.895. The first-order chi connectivity index (χ1) is 9.60. The number of pyridine rings is 1. The van der Waals surface area contributed by atoms with E-state index in [-0.39, 0.29) is 0 Å². The number of carboxylic acids is 1. The fraction of sp³-hybridized carbons (Fsp3) is 0.375. The van der Waals surface area contributed by atoms with Gasteiger partial charge < -0.3 is 5.11 Å². The van der Waals surface area contributed by atoms with Crippen molar-refractivity contribution in [2.75, 3.05) is 0 Å². The van der Waals surface area contributed by atoms with Gasteiger partial charge in [-0.25, -0.2) is 4.79 Å². The van der Waals surface area contributed by atoms with Crippen LogP contribution < -0.4 is 0 Å². The molecule has 1 unspecified atom stereocenters. The van der Waals surface area contributed by atoms with Gasteiger partial charge in [0.15, 0.2) is 0 Å². The number of nitrogens with zero attached hydrogens (tertiary/aromatic N) is 1. The standard InChI is InChI=1S/C16H16BrNO2/c1-2-9-3-6-13-12(7-9)15(16(19)20)11-5-4-10(17)8-14(11)18-13/h4-5,8-9H,2-3,6-7H2,1H3,(H,19,20). The van der Waals surface area contributed by atoms with Crippen molar-refractivity contribution in [1.29, 1.82) is 0 Å². The van der Waals surface area contributed by atoms with Crippen LogP contribution in [0.1, 0.15) is 41.4 Å². The molecule has 4 heteroatoms. The number of hydrogen-bond acceptors (Lipinski definition) is 2. The number of aryl methyl sites for hydroxylation is 1. The molecule has 0 fully saturated rings. The zero-order valence-electron chi connectivity index (χ0n) is 11.3. The van der Waals surface area contributed by atoms with Crippen molar-refractivity contribution in [2.24, 2.45) is 5.92 Å². The smallest absolute Gasteiger partial charge is 0.336 e. The number of aromatic carboxylic acids is 1. The van der Waals surface area contributed by atoms with Crippen LogP contribution in [0.25, 0.3) is 10.9 Å². The molecule has 1 aliphatic carbocycles. The summed E-state index contributed by atoms with van der Waals surface area (Å²) in [5, 5.41) is 10.4. The van der Waals surface area contributed by atoms with Gasteiger partial charge in [-0.05, 0) is 42.9 Å². The zero-order valence-corrected chi connectivity index (χ0v) is 12.9. The van der Waals surface area contributed by atoms with E-state index in [1.165, 1.54) is 0 Å². The second-order valence-electron chi connectivity index (χ2n) is 5.40. The normalized spacial score (nSPS) is 18.0. The van der Waals surface area contributed by atoms with E-state index in [4.69, 9.17) is 4.98 Å². The van der Waals surface area contributed by atoms with Crippen LogP contribution in [-0.4, -0.2) is 16.1 Å². The number of rotatable bonds is 2. The number of carboxylic acid groups (broad SMARTS) is 1. The lowest BCUT2D eigenvalue weighted by atomic mass is 9.82. The molecule has 2 aromatic rings. The molecule has 0 saturated heterocycles. The molecule has 0 bridgehead atoms. The van der Waals surface area contributed by atoms with Gasteiger partial charge in [0.1, 0.15) is 0 Å². The second kappa shape index (κ2) is 5.17. The number of hydrogen-bond donors (Lipinski definition) is 1. The number of fused-ring (bicyclic) bond motifs is 2. The second-order valence-corrected chi connectivity index (χ2v) is 6.31. The molecule has 1 atom stereocenters. The summed E-state index contributed by atoms with van der Waals surface area (Å²) in [7, 11) is 0. The average Bonchev–Trinajstić information content (AvgIpc) is 2.43. The number of aromatic nitrogens is 1. The zero-order chi connectivity index (χ0) is 14.3. The highest BCUT2D eigenvalue weighted by Crippen LogP contribution is 2.33. The van der Waals surface area contributed by atoms with E-state index in [9.17, 15) is 9.90 Å². The molecule has 3 nitrogen and oxygen atoms in total. The molecule has 1 aromatic carbocycles. The van der Waals surface area contributed by atoms with E-state index in [1.807, 2.05) is 18.2 Å². The minimum Gasteiger partial charge on any atom is -0.478 e. The molecule has 0 aliphatic heterocycles. The Morgan fingerprint density at radius 2 is 2.30 bits per heavy atom. The van der Waals surface area contributed by atoms with E-state index in [0.29, 0.717) is 11.5 Å². The van der Waals surface area contributed by atoms with Crippen molar-refractivity contribution in [2.45, 2.75) is 32.6 Å². The highest BCUT2D eigenvalue weighted by molar-refractivity contribution is 9.10. The third-order valence-corrected chi connectivity index (χ3v) is 4.70. The molecule has 1 heterocycles. The third kappa shape index (κ3) is 2.22. The van der Waals surface area contributed by atoms with Crippen LogP contribution in [0.4, 0.5) is 0 Å². The number of halogens is 1. The molecule has 0 amide bonds. The first-order valence-electron chi connectivity index (χ1n) is 6.94. The monoisotopic (exact) mass is 333 g/mol. The van der Waals surface area contributed by atoms with Gasteiger partial charge in [-0.15, -0.1) is 0 Å². The van der Waals surface area contributed by atoms with Crippen molar-refractivity contribution < 1.29 is 9.90 Å². The van der Waals surface area contributed by atoms with Crippen LogP contribution in [0.3, 0.4) is 0 Å². The fourth-order valence-electron chi connectivity index (χ4n) is 3.08. The number of benzene rings is 1. The molecule has 1 aliphatic rings. The minimum atomic E-state index is -0.840. The highest BCUT2D eigenvalue weighted by Gasteiger charge is 2.26. The Morgan fingerprint density at radius 3 is 3.00 bits per heavy atom. The van der Waals surface area contributed by atoms with Gasteiger partial charge in [0.05, 0.1) is 11.1 Å². The predicted octanol–water partition coefficient (Wildman–Crippen LogP) is 4.21.